The molecule has 2 heteroatoms. The predicted molar refractivity (Wildman–Crippen MR) is 133 cm³/mol. The first-order valence-corrected chi connectivity index (χ1v) is 10.8. The van der Waals surface area contributed by atoms with E-state index < -0.39 is 0 Å². The Bertz CT molecular complexity index is 1300. The highest BCUT2D eigenvalue weighted by Gasteiger charge is 2.23. The third-order valence-electron chi connectivity index (χ3n) is 5.81. The Morgan fingerprint density at radius 3 is 1.41 bits per heavy atom. The van der Waals surface area contributed by atoms with Crippen molar-refractivity contribution in [2.75, 3.05) is 0 Å². The summed E-state index contributed by atoms with van der Waals surface area (Å²) in [6.07, 6.45) is 0. The van der Waals surface area contributed by atoms with Gasteiger partial charge in [0.15, 0.2) is 0 Å². The molecule has 0 radical (unpaired) electrons. The second-order valence-electron chi connectivity index (χ2n) is 7.80. The van der Waals surface area contributed by atoms with Crippen LogP contribution in [0.25, 0.3) is 39.2 Å². The van der Waals surface area contributed by atoms with Crippen molar-refractivity contribution in [1.29, 1.82) is 0 Å². The summed E-state index contributed by atoms with van der Waals surface area (Å²) in [6.45, 7) is 2.12. The summed E-state index contributed by atoms with van der Waals surface area (Å²) in [5, 5.41) is 0. The molecule has 0 fully saturated rings. The van der Waals surface area contributed by atoms with Crippen molar-refractivity contribution in [3.05, 3.63) is 137 Å². The lowest BCUT2D eigenvalue weighted by atomic mass is 9.89. The van der Waals surface area contributed by atoms with Gasteiger partial charge in [0.25, 0.3) is 5.56 Å². The van der Waals surface area contributed by atoms with E-state index in [4.69, 9.17) is 0 Å². The highest BCUT2D eigenvalue weighted by atomic mass is 16.1. The largest absolute Gasteiger partial charge is 0.276 e. The number of pyridine rings is 1. The van der Waals surface area contributed by atoms with Crippen LogP contribution in [0, 0.1) is 6.92 Å². The summed E-state index contributed by atoms with van der Waals surface area (Å²) >= 11 is 0. The van der Waals surface area contributed by atoms with Crippen molar-refractivity contribution in [2.45, 2.75) is 6.92 Å². The molecule has 0 saturated carbocycles. The van der Waals surface area contributed by atoms with Gasteiger partial charge in [-0.05, 0) is 41.3 Å². The highest BCUT2D eigenvalue weighted by Crippen LogP contribution is 2.38. The minimum Gasteiger partial charge on any atom is -0.276 e. The molecule has 32 heavy (non-hydrogen) atoms. The summed E-state index contributed by atoms with van der Waals surface area (Å²) in [5.74, 6) is 0. The Balaban J connectivity index is 1.98. The van der Waals surface area contributed by atoms with Gasteiger partial charge in [-0.1, -0.05) is 109 Å². The molecule has 0 spiro atoms. The van der Waals surface area contributed by atoms with Crippen LogP contribution in [0.2, 0.25) is 0 Å². The van der Waals surface area contributed by atoms with Gasteiger partial charge in [0.05, 0.1) is 11.3 Å². The fourth-order valence-electron chi connectivity index (χ4n) is 4.40. The highest BCUT2D eigenvalue weighted by molar-refractivity contribution is 5.89. The maximum absolute atomic E-state index is 14.3. The number of hydrogen-bond donors (Lipinski definition) is 0. The lowest BCUT2D eigenvalue weighted by Gasteiger charge is -2.22. The van der Waals surface area contributed by atoms with E-state index >= 15 is 0 Å². The molecule has 2 nitrogen and oxygen atoms in total. The first-order valence-electron chi connectivity index (χ1n) is 10.8. The molecule has 0 aliphatic carbocycles. The molecular weight excluding hydrogens is 390 g/mol. The molecule has 0 aliphatic rings. The van der Waals surface area contributed by atoms with Crippen LogP contribution in [0.1, 0.15) is 5.56 Å². The van der Waals surface area contributed by atoms with Gasteiger partial charge in [-0.2, -0.15) is 0 Å². The van der Waals surface area contributed by atoms with Crippen molar-refractivity contribution in [1.82, 2.24) is 4.57 Å². The number of rotatable bonds is 4. The minimum atomic E-state index is -0.0225. The van der Waals surface area contributed by atoms with Gasteiger partial charge >= 0.3 is 0 Å². The Labute approximate surface area is 188 Å². The van der Waals surface area contributed by atoms with E-state index in [1.54, 1.807) is 0 Å². The maximum Gasteiger partial charge on any atom is 0.264 e. The summed E-state index contributed by atoms with van der Waals surface area (Å²) in [6, 6.07) is 40.2. The summed E-state index contributed by atoms with van der Waals surface area (Å²) in [7, 11) is 0. The van der Waals surface area contributed by atoms with Gasteiger partial charge in [-0.15, -0.1) is 0 Å². The molecule has 0 N–H and O–H groups in total. The SMILES string of the molecule is Cc1c(-c2ccccc2)c(-c2ccccc2)c(=O)n(-c2ccccc2)c1-c1ccccc1. The molecule has 0 bridgehead atoms. The lowest BCUT2D eigenvalue weighted by molar-refractivity contribution is 0.991. The first-order chi connectivity index (χ1) is 15.8. The molecule has 4 aromatic carbocycles. The fraction of sp³-hybridized carbons (Fsp3) is 0.0333. The summed E-state index contributed by atoms with van der Waals surface area (Å²) in [5.41, 5.74) is 7.50. The van der Waals surface area contributed by atoms with E-state index in [1.807, 2.05) is 102 Å². The van der Waals surface area contributed by atoms with E-state index in [2.05, 4.69) is 31.2 Å². The van der Waals surface area contributed by atoms with Crippen LogP contribution in [-0.4, -0.2) is 4.57 Å². The Morgan fingerprint density at radius 2 is 0.906 bits per heavy atom. The zero-order valence-corrected chi connectivity index (χ0v) is 17.9. The van der Waals surface area contributed by atoms with E-state index in [0.717, 1.165) is 44.8 Å². The number of para-hydroxylation sites is 1. The first kappa shape index (κ1) is 19.8. The van der Waals surface area contributed by atoms with Gasteiger partial charge in [-0.25, -0.2) is 0 Å². The quantitative estimate of drug-likeness (QED) is 0.307. The molecule has 0 aliphatic heterocycles. The van der Waals surface area contributed by atoms with E-state index in [9.17, 15) is 4.79 Å². The standard InChI is InChI=1S/C30H23NO/c1-22-27(23-14-6-2-7-15-23)28(24-16-8-3-9-17-24)30(32)31(26-20-12-5-13-21-26)29(22)25-18-10-4-11-19-25/h2-21H,1H3. The maximum atomic E-state index is 14.3. The third-order valence-corrected chi connectivity index (χ3v) is 5.81. The van der Waals surface area contributed by atoms with Crippen LogP contribution < -0.4 is 5.56 Å². The molecule has 0 atom stereocenters. The number of nitrogens with zero attached hydrogens (tertiary/aromatic N) is 1. The third kappa shape index (κ3) is 3.46. The smallest absolute Gasteiger partial charge is 0.264 e. The topological polar surface area (TPSA) is 22.0 Å². The monoisotopic (exact) mass is 413 g/mol. The van der Waals surface area contributed by atoms with Gasteiger partial charge in [0.2, 0.25) is 0 Å². The predicted octanol–water partition coefficient (Wildman–Crippen LogP) is 7.15. The van der Waals surface area contributed by atoms with E-state index in [1.165, 1.54) is 0 Å². The molecular formula is C30H23NO. The number of aromatic nitrogens is 1. The van der Waals surface area contributed by atoms with Crippen LogP contribution >= 0.6 is 0 Å². The summed E-state index contributed by atoms with van der Waals surface area (Å²) in [4.78, 5) is 14.3. The Morgan fingerprint density at radius 1 is 0.500 bits per heavy atom. The van der Waals surface area contributed by atoms with Crippen molar-refractivity contribution in [2.24, 2.45) is 0 Å². The van der Waals surface area contributed by atoms with Gasteiger partial charge in [0, 0.05) is 11.3 Å². The molecule has 5 rings (SSSR count). The van der Waals surface area contributed by atoms with Crippen LogP contribution in [-0.2, 0) is 0 Å². The van der Waals surface area contributed by atoms with Crippen molar-refractivity contribution in [3.8, 4) is 39.2 Å². The van der Waals surface area contributed by atoms with Crippen molar-refractivity contribution in [3.63, 3.8) is 0 Å². The zero-order valence-electron chi connectivity index (χ0n) is 17.9. The molecule has 0 amide bonds. The summed E-state index contributed by atoms with van der Waals surface area (Å²) < 4.78 is 1.86. The van der Waals surface area contributed by atoms with Crippen molar-refractivity contribution >= 4 is 0 Å². The second-order valence-corrected chi connectivity index (χ2v) is 7.80. The Kier molecular flexibility index (Phi) is 5.27. The number of hydrogen-bond acceptors (Lipinski definition) is 1. The molecule has 0 unspecified atom stereocenters. The second kappa shape index (κ2) is 8.52. The van der Waals surface area contributed by atoms with Crippen LogP contribution in [0.5, 0.6) is 0 Å². The van der Waals surface area contributed by atoms with E-state index in [-0.39, 0.29) is 5.56 Å². The lowest BCUT2D eigenvalue weighted by Crippen LogP contribution is -2.24. The van der Waals surface area contributed by atoms with Gasteiger partial charge < -0.3 is 0 Å². The fourth-order valence-corrected chi connectivity index (χ4v) is 4.40. The van der Waals surface area contributed by atoms with E-state index in [0.29, 0.717) is 0 Å². The molecule has 154 valence electrons. The molecule has 5 aromatic rings. The van der Waals surface area contributed by atoms with Gasteiger partial charge in [0.1, 0.15) is 0 Å². The molecule has 1 aromatic heterocycles. The van der Waals surface area contributed by atoms with Gasteiger partial charge in [-0.3, -0.25) is 9.36 Å². The van der Waals surface area contributed by atoms with Crippen LogP contribution in [0.4, 0.5) is 0 Å². The average Bonchev–Trinajstić information content (AvgIpc) is 2.87. The van der Waals surface area contributed by atoms with Crippen molar-refractivity contribution < 1.29 is 0 Å². The Hall–Kier alpha value is -4.17. The number of benzene rings is 4. The van der Waals surface area contributed by atoms with Crippen LogP contribution in [0.3, 0.4) is 0 Å². The molecule has 1 heterocycles. The van der Waals surface area contributed by atoms with Crippen LogP contribution in [0.15, 0.2) is 126 Å². The normalized spacial score (nSPS) is 10.8. The molecule has 0 saturated heterocycles. The zero-order chi connectivity index (χ0) is 21.9. The average molecular weight is 414 g/mol. The minimum absolute atomic E-state index is 0.0225.